The molecule has 428 valence electrons. The second kappa shape index (κ2) is 23.9. The minimum absolute atomic E-state index is 0.114. The first-order valence-corrected chi connectivity index (χ1v) is 33.4. The third-order valence-electron chi connectivity index (χ3n) is 19.8. The van der Waals surface area contributed by atoms with E-state index in [9.17, 15) is 0 Å². The lowest BCUT2D eigenvalue weighted by Crippen LogP contribution is -2.73. The molecule has 0 spiro atoms. The topological polar surface area (TPSA) is 0 Å². The van der Waals surface area contributed by atoms with Gasteiger partial charge in [-0.2, -0.15) is 0 Å². The average Bonchev–Trinajstić information content (AvgIpc) is 1.32. The lowest BCUT2D eigenvalue weighted by molar-refractivity contribution is 1.09. The molecule has 0 amide bonds. The molecular weight excluding hydrogens is 1070 g/mol. The molecule has 0 heterocycles. The minimum Gasteiger partial charge on any atom is -0.0647 e. The van der Waals surface area contributed by atoms with Crippen molar-refractivity contribution >= 4 is 23.6 Å². The molecule has 12 aromatic carbocycles. The summed E-state index contributed by atoms with van der Waals surface area (Å²) in [5.74, 6) is 0. The molecule has 0 aromatic heterocycles. The maximum atomic E-state index is 2.52. The van der Waals surface area contributed by atoms with Crippen LogP contribution in [0.1, 0.15) is 61.1 Å². The number of benzene rings is 12. The fourth-order valence-electron chi connectivity index (χ4n) is 16.0. The summed E-state index contributed by atoms with van der Waals surface area (Å²) in [6, 6.07) is 103. The zero-order chi connectivity index (χ0) is 60.8. The van der Waals surface area contributed by atoms with Crippen molar-refractivity contribution in [2.24, 2.45) is 0 Å². The summed E-state index contributed by atoms with van der Waals surface area (Å²) in [5, 5.41) is 4.31. The van der Waals surface area contributed by atoms with E-state index in [-0.39, 0.29) is 5.54 Å². The van der Waals surface area contributed by atoms with Gasteiger partial charge in [0, 0.05) is 5.54 Å². The van der Waals surface area contributed by atoms with Crippen LogP contribution in [0.2, 0.25) is 5.54 Å². The Morgan fingerprint density at radius 2 is 0.318 bits per heavy atom. The monoisotopic (exact) mass is 1150 g/mol. The second-order valence-electron chi connectivity index (χ2n) is 24.4. The number of hydrogen-bond donors (Lipinski definition) is 0. The molecule has 0 saturated heterocycles. The normalized spacial score (nSPS) is 12.8. The van der Waals surface area contributed by atoms with E-state index >= 15 is 0 Å². The van der Waals surface area contributed by atoms with Crippen LogP contribution >= 0.6 is 0 Å². The Morgan fingerprint density at radius 1 is 0.182 bits per heavy atom. The van der Waals surface area contributed by atoms with Crippen molar-refractivity contribution in [1.29, 1.82) is 0 Å². The van der Waals surface area contributed by atoms with E-state index in [1.165, 1.54) is 171 Å². The van der Waals surface area contributed by atoms with E-state index in [2.05, 4.69) is 342 Å². The maximum absolute atomic E-state index is 4.24. The van der Waals surface area contributed by atoms with Crippen molar-refractivity contribution in [2.75, 3.05) is 0 Å². The predicted molar refractivity (Wildman–Crippen MR) is 382 cm³/mol. The summed E-state index contributed by atoms with van der Waals surface area (Å²) < 4.78 is 0. The van der Waals surface area contributed by atoms with Crippen molar-refractivity contribution in [3.8, 4) is 100 Å². The Labute approximate surface area is 524 Å². The van der Waals surface area contributed by atoms with E-state index < -0.39 is 8.07 Å². The first-order chi connectivity index (χ1) is 42.9. The van der Waals surface area contributed by atoms with Gasteiger partial charge < -0.3 is 0 Å². The van der Waals surface area contributed by atoms with Gasteiger partial charge in [-0.3, -0.25) is 0 Å². The smallest absolute Gasteiger partial charge is 0.0647 e. The molecule has 0 unspecified atom stereocenters. The molecule has 1 heteroatoms. The molecule has 0 radical (unpaired) electrons. The van der Waals surface area contributed by atoms with E-state index in [1.54, 1.807) is 0 Å². The quantitative estimate of drug-likeness (QED) is 0.0797. The van der Waals surface area contributed by atoms with Crippen LogP contribution in [0, 0.1) is 41.5 Å². The van der Waals surface area contributed by atoms with Crippen molar-refractivity contribution in [2.45, 2.75) is 74.8 Å². The summed E-state index contributed by atoms with van der Waals surface area (Å²) in [5.41, 5.74) is 35.8. The lowest BCUT2D eigenvalue weighted by Gasteiger charge is -2.49. The van der Waals surface area contributed by atoms with Crippen LogP contribution in [0.3, 0.4) is 0 Å². The van der Waals surface area contributed by atoms with Gasteiger partial charge in [0.25, 0.3) is 0 Å². The van der Waals surface area contributed by atoms with E-state index in [4.69, 9.17) is 0 Å². The molecule has 0 bridgehead atoms. The molecule has 0 fully saturated rings. The second-order valence-corrected chi connectivity index (χ2v) is 28.1. The molecule has 1 aliphatic rings. The van der Waals surface area contributed by atoms with Crippen LogP contribution in [-0.2, 0) is 0 Å². The highest BCUT2D eigenvalue weighted by Gasteiger charge is 2.58. The van der Waals surface area contributed by atoms with Gasteiger partial charge in [-0.1, -0.05) is 284 Å². The largest absolute Gasteiger partial charge is 0.163 e. The van der Waals surface area contributed by atoms with Crippen LogP contribution in [0.25, 0.3) is 100 Å². The molecule has 88 heavy (non-hydrogen) atoms. The number of hydrogen-bond acceptors (Lipinski definition) is 0. The molecule has 0 nitrogen and oxygen atoms in total. The van der Waals surface area contributed by atoms with Crippen molar-refractivity contribution in [3.63, 3.8) is 0 Å². The SMILES string of the molecule is CC1=C(C)C([Si](c2c(-c3ccccc3)c(C)c(-c3ccccc3)c(C)c2-c2ccccc2)(c2c(-c3ccccc3)c(C)c(-c3ccccc3)c(C)c2-c2ccccc2)c2c(-c3ccccc3)c(C)c(-c3ccccc3)c(C)c2-c2ccccc2)C(C)=C1C. The number of rotatable bonds is 13. The van der Waals surface area contributed by atoms with Gasteiger partial charge in [-0.25, -0.2) is 0 Å². The molecular formula is C87H76Si. The Hall–Kier alpha value is -9.66. The Balaban J connectivity index is 1.49. The van der Waals surface area contributed by atoms with Crippen LogP contribution < -0.4 is 15.6 Å². The maximum Gasteiger partial charge on any atom is 0.163 e. The van der Waals surface area contributed by atoms with Crippen molar-refractivity contribution in [3.05, 3.63) is 329 Å². The van der Waals surface area contributed by atoms with Gasteiger partial charge in [0.1, 0.15) is 0 Å². The summed E-state index contributed by atoms with van der Waals surface area (Å²) in [7, 11) is -4.24. The molecule has 0 saturated carbocycles. The van der Waals surface area contributed by atoms with Crippen LogP contribution in [0.15, 0.2) is 295 Å². The molecule has 0 atom stereocenters. The lowest BCUT2D eigenvalue weighted by atomic mass is 9.83. The minimum atomic E-state index is -4.24. The van der Waals surface area contributed by atoms with E-state index in [0.29, 0.717) is 0 Å². The van der Waals surface area contributed by atoms with Gasteiger partial charge in [-0.05, 0) is 229 Å². The van der Waals surface area contributed by atoms with E-state index in [0.717, 1.165) is 0 Å². The van der Waals surface area contributed by atoms with Gasteiger partial charge in [-0.15, -0.1) is 0 Å². The molecule has 13 rings (SSSR count). The fraction of sp³-hybridized carbons (Fsp3) is 0.126. The van der Waals surface area contributed by atoms with Crippen LogP contribution in [-0.4, -0.2) is 8.07 Å². The third kappa shape index (κ3) is 9.43. The molecule has 0 aliphatic heterocycles. The molecule has 0 N–H and O–H groups in total. The summed E-state index contributed by atoms with van der Waals surface area (Å²) >= 11 is 0. The summed E-state index contributed by atoms with van der Waals surface area (Å²) in [4.78, 5) is 0. The van der Waals surface area contributed by atoms with Gasteiger partial charge in [0.2, 0.25) is 0 Å². The van der Waals surface area contributed by atoms with Gasteiger partial charge in [0.15, 0.2) is 8.07 Å². The first-order valence-electron chi connectivity index (χ1n) is 31.3. The first kappa shape index (κ1) is 57.4. The average molecular weight is 1150 g/mol. The highest BCUT2D eigenvalue weighted by atomic mass is 28.3. The third-order valence-corrected chi connectivity index (χ3v) is 25.4. The summed E-state index contributed by atoms with van der Waals surface area (Å²) in [6.45, 7) is 24.7. The molecule has 12 aromatic rings. The summed E-state index contributed by atoms with van der Waals surface area (Å²) in [6.07, 6.45) is 0. The van der Waals surface area contributed by atoms with E-state index in [1.807, 2.05) is 0 Å². The number of allylic oxidation sites excluding steroid dienone is 4. The van der Waals surface area contributed by atoms with Crippen LogP contribution in [0.5, 0.6) is 0 Å². The Kier molecular flexibility index (Phi) is 15.6. The fourth-order valence-corrected chi connectivity index (χ4v) is 23.7. The Morgan fingerprint density at radius 3 is 0.466 bits per heavy atom. The zero-order valence-corrected chi connectivity index (χ0v) is 53.6. The highest BCUT2D eigenvalue weighted by Crippen LogP contribution is 2.56. The van der Waals surface area contributed by atoms with Gasteiger partial charge in [0.05, 0.1) is 0 Å². The van der Waals surface area contributed by atoms with Crippen LogP contribution in [0.4, 0.5) is 0 Å². The standard InChI is InChI=1S/C87H76Si/c1-56-57(2)59(4)84(58(56)3)88(85-78(69-44-26-14-27-45-69)60(5)75(66-38-20-11-21-39-66)61(6)79(85)70-46-28-15-29-47-70,86-80(71-48-30-16-31-49-71)62(7)76(67-40-22-12-23-41-67)63(8)81(86)72-50-32-17-33-51-72)87-82(73-52-34-18-35-53-73)64(9)77(68-42-24-13-25-43-68)65(10)83(87)74-54-36-19-37-55-74/h11-55,84H,1-10H3. The molecule has 1 aliphatic carbocycles. The van der Waals surface area contributed by atoms with Gasteiger partial charge >= 0.3 is 0 Å². The van der Waals surface area contributed by atoms with Crippen molar-refractivity contribution < 1.29 is 0 Å². The Bertz CT molecular complexity index is 3960. The van der Waals surface area contributed by atoms with Crippen molar-refractivity contribution in [1.82, 2.24) is 0 Å². The zero-order valence-electron chi connectivity index (χ0n) is 52.6. The highest BCUT2D eigenvalue weighted by molar-refractivity contribution is 7.17. The predicted octanol–water partition coefficient (Wildman–Crippen LogP) is 22.1.